The molecule has 0 bridgehead atoms. The van der Waals surface area contributed by atoms with E-state index < -0.39 is 10.0 Å². The molecule has 156 valence electrons. The fourth-order valence-corrected chi connectivity index (χ4v) is 5.04. The Morgan fingerprint density at radius 1 is 1.14 bits per heavy atom. The normalized spacial score (nSPS) is 20.2. The summed E-state index contributed by atoms with van der Waals surface area (Å²) in [5, 5.41) is 2.81. The van der Waals surface area contributed by atoms with Gasteiger partial charge in [0, 0.05) is 30.8 Å². The van der Waals surface area contributed by atoms with Crippen molar-refractivity contribution in [3.63, 3.8) is 0 Å². The molecule has 2 aromatic carbocycles. The molecule has 0 aromatic heterocycles. The Bertz CT molecular complexity index is 967. The molecule has 2 atom stereocenters. The zero-order valence-corrected chi connectivity index (χ0v) is 17.6. The van der Waals surface area contributed by atoms with Crippen molar-refractivity contribution in [2.45, 2.75) is 37.5 Å². The summed E-state index contributed by atoms with van der Waals surface area (Å²) >= 11 is 0. The fourth-order valence-electron chi connectivity index (χ4n) is 3.40. The van der Waals surface area contributed by atoms with Crippen LogP contribution in [0.15, 0.2) is 53.4 Å². The van der Waals surface area contributed by atoms with Gasteiger partial charge >= 0.3 is 0 Å². The Morgan fingerprint density at radius 3 is 2.52 bits per heavy atom. The first-order chi connectivity index (χ1) is 13.8. The molecular weight excluding hydrogens is 392 g/mol. The monoisotopic (exact) mass is 418 g/mol. The van der Waals surface area contributed by atoms with Crippen LogP contribution in [0, 0.1) is 0 Å². The molecule has 1 N–H and O–H groups in total. The molecule has 1 heterocycles. The average molecular weight is 419 g/mol. The van der Waals surface area contributed by atoms with E-state index in [0.717, 1.165) is 5.56 Å². The van der Waals surface area contributed by atoms with E-state index in [-0.39, 0.29) is 48.2 Å². The maximum atomic E-state index is 13.0. The van der Waals surface area contributed by atoms with Gasteiger partial charge in [-0.05, 0) is 38.1 Å². The molecule has 1 aliphatic heterocycles. The van der Waals surface area contributed by atoms with Gasteiger partial charge in [-0.2, -0.15) is 4.31 Å². The van der Waals surface area contributed by atoms with Crippen LogP contribution in [0.4, 0.5) is 0 Å². The Hall–Kier alpha value is -2.42. The lowest BCUT2D eigenvalue weighted by atomic mass is 10.2. The summed E-state index contributed by atoms with van der Waals surface area (Å²) in [5.41, 5.74) is 1.12. The van der Waals surface area contributed by atoms with Gasteiger partial charge < -0.3 is 14.8 Å². The minimum Gasteiger partial charge on any atom is -0.496 e. The molecule has 1 amide bonds. The summed E-state index contributed by atoms with van der Waals surface area (Å²) in [5.74, 6) is 0.330. The van der Waals surface area contributed by atoms with E-state index in [1.165, 1.54) is 16.4 Å². The van der Waals surface area contributed by atoms with Gasteiger partial charge in [0.25, 0.3) is 5.91 Å². The van der Waals surface area contributed by atoms with Gasteiger partial charge in [0.2, 0.25) is 10.0 Å². The number of amides is 1. The van der Waals surface area contributed by atoms with E-state index in [2.05, 4.69) is 5.32 Å². The average Bonchev–Trinajstić information content (AvgIpc) is 2.71. The third-order valence-electron chi connectivity index (χ3n) is 4.75. The topological polar surface area (TPSA) is 84.9 Å². The molecule has 7 nitrogen and oxygen atoms in total. The van der Waals surface area contributed by atoms with Crippen molar-refractivity contribution < 1.29 is 22.7 Å². The van der Waals surface area contributed by atoms with Crippen LogP contribution >= 0.6 is 0 Å². The fraction of sp³-hybridized carbons (Fsp3) is 0.381. The first-order valence-corrected chi connectivity index (χ1v) is 10.9. The lowest BCUT2D eigenvalue weighted by molar-refractivity contribution is -0.0440. The number of carbonyl (C=O) groups excluding carboxylic acids is 1. The first-order valence-electron chi connectivity index (χ1n) is 9.47. The van der Waals surface area contributed by atoms with Crippen LogP contribution in [-0.4, -0.2) is 51.0 Å². The Balaban J connectivity index is 1.75. The van der Waals surface area contributed by atoms with Crippen molar-refractivity contribution in [3.05, 3.63) is 59.7 Å². The molecule has 0 aliphatic carbocycles. The second-order valence-electron chi connectivity index (χ2n) is 7.10. The van der Waals surface area contributed by atoms with Crippen LogP contribution < -0.4 is 10.1 Å². The zero-order chi connectivity index (χ0) is 21.0. The SMILES string of the molecule is COc1ccccc1CNC(=O)c1cccc(S(=O)(=O)N2CC(C)OC(C)C2)c1. The van der Waals surface area contributed by atoms with Crippen LogP contribution in [-0.2, 0) is 21.3 Å². The van der Waals surface area contributed by atoms with E-state index in [1.807, 2.05) is 38.1 Å². The second kappa shape index (κ2) is 8.94. The first kappa shape index (κ1) is 21.3. The maximum Gasteiger partial charge on any atom is 0.251 e. The number of nitrogens with zero attached hydrogens (tertiary/aromatic N) is 1. The summed E-state index contributed by atoms with van der Waals surface area (Å²) in [7, 11) is -2.14. The predicted octanol–water partition coefficient (Wildman–Crippen LogP) is 2.42. The number of morpholine rings is 1. The van der Waals surface area contributed by atoms with E-state index in [0.29, 0.717) is 5.75 Å². The predicted molar refractivity (Wildman–Crippen MR) is 109 cm³/mol. The number of nitrogens with one attached hydrogen (secondary N) is 1. The summed E-state index contributed by atoms with van der Waals surface area (Å²) < 4.78 is 38.4. The van der Waals surface area contributed by atoms with Gasteiger partial charge in [0.05, 0.1) is 24.2 Å². The number of rotatable bonds is 6. The van der Waals surface area contributed by atoms with Crippen LogP contribution in [0.1, 0.15) is 29.8 Å². The maximum absolute atomic E-state index is 13.0. The highest BCUT2D eigenvalue weighted by atomic mass is 32.2. The highest BCUT2D eigenvalue weighted by Crippen LogP contribution is 2.22. The number of carbonyl (C=O) groups is 1. The number of hydrogen-bond acceptors (Lipinski definition) is 5. The summed E-state index contributed by atoms with van der Waals surface area (Å²) in [6.07, 6.45) is -0.360. The van der Waals surface area contributed by atoms with Crippen molar-refractivity contribution in [2.24, 2.45) is 0 Å². The van der Waals surface area contributed by atoms with Gasteiger partial charge in [-0.1, -0.05) is 24.3 Å². The van der Waals surface area contributed by atoms with Crippen molar-refractivity contribution >= 4 is 15.9 Å². The molecule has 0 radical (unpaired) electrons. The number of benzene rings is 2. The standard InChI is InChI=1S/C21H26N2O5S/c1-15-13-23(14-16(2)28-15)29(25,26)19-9-6-8-17(11-19)21(24)22-12-18-7-4-5-10-20(18)27-3/h4-11,15-16H,12-14H2,1-3H3,(H,22,24). The number of methoxy groups -OCH3 is 1. The molecule has 3 rings (SSSR count). The Morgan fingerprint density at radius 2 is 1.83 bits per heavy atom. The van der Waals surface area contributed by atoms with Crippen LogP contribution in [0.3, 0.4) is 0 Å². The molecule has 1 saturated heterocycles. The van der Waals surface area contributed by atoms with E-state index in [4.69, 9.17) is 9.47 Å². The number of sulfonamides is 1. The van der Waals surface area contributed by atoms with Gasteiger partial charge in [-0.25, -0.2) is 8.42 Å². The molecule has 0 spiro atoms. The second-order valence-corrected chi connectivity index (χ2v) is 9.04. The van der Waals surface area contributed by atoms with Gasteiger partial charge in [0.1, 0.15) is 5.75 Å². The molecule has 29 heavy (non-hydrogen) atoms. The number of para-hydroxylation sites is 1. The Kier molecular flexibility index (Phi) is 6.56. The summed E-state index contributed by atoms with van der Waals surface area (Å²) in [6, 6.07) is 13.5. The highest BCUT2D eigenvalue weighted by Gasteiger charge is 2.32. The van der Waals surface area contributed by atoms with Crippen LogP contribution in [0.5, 0.6) is 5.75 Å². The van der Waals surface area contributed by atoms with Crippen molar-refractivity contribution in [1.82, 2.24) is 9.62 Å². The molecule has 2 unspecified atom stereocenters. The third-order valence-corrected chi connectivity index (χ3v) is 6.58. The number of hydrogen-bond donors (Lipinski definition) is 1. The van der Waals surface area contributed by atoms with Crippen LogP contribution in [0.25, 0.3) is 0 Å². The lowest BCUT2D eigenvalue weighted by Gasteiger charge is -2.34. The van der Waals surface area contributed by atoms with Crippen molar-refractivity contribution in [2.75, 3.05) is 20.2 Å². The van der Waals surface area contributed by atoms with E-state index >= 15 is 0 Å². The van der Waals surface area contributed by atoms with Gasteiger partial charge in [0.15, 0.2) is 0 Å². The molecule has 1 aliphatic rings. The largest absolute Gasteiger partial charge is 0.496 e. The highest BCUT2D eigenvalue weighted by molar-refractivity contribution is 7.89. The van der Waals surface area contributed by atoms with Gasteiger partial charge in [-0.3, -0.25) is 4.79 Å². The lowest BCUT2D eigenvalue weighted by Crippen LogP contribution is -2.48. The van der Waals surface area contributed by atoms with Crippen LogP contribution in [0.2, 0.25) is 0 Å². The van der Waals surface area contributed by atoms with Crippen molar-refractivity contribution in [3.8, 4) is 5.75 Å². The van der Waals surface area contributed by atoms with E-state index in [1.54, 1.807) is 19.2 Å². The molecule has 1 fully saturated rings. The molecule has 2 aromatic rings. The van der Waals surface area contributed by atoms with Crippen molar-refractivity contribution in [1.29, 1.82) is 0 Å². The zero-order valence-electron chi connectivity index (χ0n) is 16.8. The number of ether oxygens (including phenoxy) is 2. The van der Waals surface area contributed by atoms with E-state index in [9.17, 15) is 13.2 Å². The van der Waals surface area contributed by atoms with Gasteiger partial charge in [-0.15, -0.1) is 0 Å². The summed E-state index contributed by atoms with van der Waals surface area (Å²) in [6.45, 7) is 4.55. The minimum absolute atomic E-state index is 0.101. The summed E-state index contributed by atoms with van der Waals surface area (Å²) in [4.78, 5) is 12.7. The quantitative estimate of drug-likeness (QED) is 0.779. The minimum atomic E-state index is -3.71. The molecule has 0 saturated carbocycles. The third kappa shape index (κ3) is 4.95. The Labute approximate surface area is 171 Å². The molecule has 8 heteroatoms. The molecular formula is C21H26N2O5S. The smallest absolute Gasteiger partial charge is 0.251 e.